The largest absolute Gasteiger partial charge is 0.394 e. The van der Waals surface area contributed by atoms with Gasteiger partial charge in [-0.05, 0) is 70.6 Å². The zero-order valence-electron chi connectivity index (χ0n) is 58.4. The van der Waals surface area contributed by atoms with Crippen molar-refractivity contribution in [3.8, 4) is 0 Å². The topological polar surface area (TPSA) is 307 Å². The van der Waals surface area contributed by atoms with E-state index < -0.39 is 131 Å². The first kappa shape index (κ1) is 86.2. The second kappa shape index (κ2) is 56.7. The van der Waals surface area contributed by atoms with Crippen LogP contribution in [0.3, 0.4) is 0 Å². The lowest BCUT2D eigenvalue weighted by molar-refractivity contribution is -0.379. The third-order valence-electron chi connectivity index (χ3n) is 18.2. The van der Waals surface area contributed by atoms with Crippen molar-refractivity contribution in [1.82, 2.24) is 5.32 Å². The van der Waals surface area contributed by atoms with Gasteiger partial charge in [0, 0.05) is 6.42 Å². The van der Waals surface area contributed by atoms with Gasteiger partial charge in [0.2, 0.25) is 5.91 Å². The first-order chi connectivity index (χ1) is 46.3. The number of hydrogen-bond acceptors (Lipinski definition) is 18. The number of hydrogen-bond donors (Lipinski definition) is 12. The fraction of sp³-hybridized carbons (Fsp3) is 0.803. The number of carbonyl (C=O) groups excluding carboxylic acids is 1. The van der Waals surface area contributed by atoms with Gasteiger partial charge in [-0.15, -0.1) is 0 Å². The van der Waals surface area contributed by atoms with Crippen molar-refractivity contribution >= 4 is 5.91 Å². The summed E-state index contributed by atoms with van der Waals surface area (Å²) in [6.45, 7) is 1.57. The molecule has 19 nitrogen and oxygen atoms in total. The number of rotatable bonds is 57. The van der Waals surface area contributed by atoms with E-state index in [2.05, 4.69) is 86.0 Å². The second-order valence-corrected chi connectivity index (χ2v) is 26.4. The van der Waals surface area contributed by atoms with Crippen LogP contribution in [0.1, 0.15) is 258 Å². The maximum Gasteiger partial charge on any atom is 0.220 e. The van der Waals surface area contributed by atoms with E-state index >= 15 is 0 Å². The van der Waals surface area contributed by atoms with E-state index in [-0.39, 0.29) is 12.3 Å². The van der Waals surface area contributed by atoms with E-state index in [9.17, 15) is 61.0 Å². The molecule has 0 aromatic rings. The number of carbonyl (C=O) groups is 1. The van der Waals surface area contributed by atoms with E-state index in [1.54, 1.807) is 6.08 Å². The minimum absolute atomic E-state index is 0.153. The first-order valence-electron chi connectivity index (χ1n) is 37.3. The number of aliphatic hydroxyl groups excluding tert-OH is 11. The molecule has 95 heavy (non-hydrogen) atoms. The van der Waals surface area contributed by atoms with Crippen LogP contribution in [-0.2, 0) is 33.2 Å². The molecule has 3 aliphatic heterocycles. The SMILES string of the molecule is CC/C=C\C/C=C\C/C=C\C/C=C\C/C=C\CCCC(=O)NC(COC1OC(CO)C(OC2OC(CO)C(OC3OC(CO)C(O)C(O)C3O)C(O)C2O)C(O)C1O)C(O)/C=C/CC/C=C/CCCCCCCCCCCCCCCCCCCCCCCCCCCCC. The standard InChI is InChI=1S/C76H133NO18/c1-3-5-7-9-11-13-15-17-19-21-22-23-24-25-26-27-28-29-30-31-32-33-34-35-36-38-39-41-43-45-47-49-51-53-60(81)59(77-64(82)54-52-50-48-46-44-42-40-37-20-18-16-14-12-10-8-6-4-2)58-90-74-70(88)67(85)72(62(56-79)92-74)95-76-71(89)68(86)73(63(57-80)93-76)94-75-69(87)66(84)65(83)61(55-78)91-75/h6,8,12,14,18,20,40,42-43,45-46,48,51,53,59-63,65-76,78-81,83-89H,3-5,7,9-11,13,15-17,19,21-39,41,44,47,49-50,52,54-58H2,1-2H3,(H,77,82)/b8-6-,14-12-,20-18-,42-40-,45-43+,48-46-,53-51+. The lowest BCUT2D eigenvalue weighted by atomic mass is 9.96. The van der Waals surface area contributed by atoms with Crippen molar-refractivity contribution in [2.24, 2.45) is 0 Å². The molecular formula is C76H133NO18. The predicted octanol–water partition coefficient (Wildman–Crippen LogP) is 11.1. The van der Waals surface area contributed by atoms with E-state index in [4.69, 9.17) is 28.4 Å². The van der Waals surface area contributed by atoms with Crippen molar-refractivity contribution in [2.45, 2.75) is 362 Å². The van der Waals surface area contributed by atoms with Crippen LogP contribution in [0.25, 0.3) is 0 Å². The maximum atomic E-state index is 13.4. The van der Waals surface area contributed by atoms with Crippen LogP contribution < -0.4 is 5.32 Å². The smallest absolute Gasteiger partial charge is 0.220 e. The number of allylic oxidation sites excluding steroid dienone is 13. The lowest BCUT2D eigenvalue weighted by Gasteiger charge is -2.48. The first-order valence-corrected chi connectivity index (χ1v) is 37.3. The molecule has 3 aliphatic rings. The molecule has 1 amide bonds. The predicted molar refractivity (Wildman–Crippen MR) is 374 cm³/mol. The number of amides is 1. The highest BCUT2D eigenvalue weighted by Crippen LogP contribution is 2.33. The number of aliphatic hydroxyl groups is 11. The average molecular weight is 1350 g/mol. The number of ether oxygens (including phenoxy) is 6. The van der Waals surface area contributed by atoms with Gasteiger partial charge in [-0.2, -0.15) is 0 Å². The summed E-state index contributed by atoms with van der Waals surface area (Å²) in [4.78, 5) is 13.4. The summed E-state index contributed by atoms with van der Waals surface area (Å²) in [5.74, 6) is -0.343. The highest BCUT2D eigenvalue weighted by atomic mass is 16.8. The van der Waals surface area contributed by atoms with Crippen LogP contribution in [0.5, 0.6) is 0 Å². The van der Waals surface area contributed by atoms with Gasteiger partial charge >= 0.3 is 0 Å². The van der Waals surface area contributed by atoms with Gasteiger partial charge in [0.05, 0.1) is 38.6 Å². The molecule has 550 valence electrons. The fourth-order valence-electron chi connectivity index (χ4n) is 12.2. The summed E-state index contributed by atoms with van der Waals surface area (Å²) < 4.78 is 34.3. The van der Waals surface area contributed by atoms with Gasteiger partial charge < -0.3 is 89.9 Å². The molecule has 3 heterocycles. The van der Waals surface area contributed by atoms with E-state index in [1.165, 1.54) is 167 Å². The Morgan fingerprint density at radius 1 is 0.389 bits per heavy atom. The lowest BCUT2D eigenvalue weighted by Crippen LogP contribution is -2.66. The normalized spacial score (nSPS) is 27.7. The summed E-state index contributed by atoms with van der Waals surface area (Å²) in [6, 6.07) is -1.03. The van der Waals surface area contributed by atoms with Gasteiger partial charge in [0.1, 0.15) is 73.2 Å². The second-order valence-electron chi connectivity index (χ2n) is 26.4. The monoisotopic (exact) mass is 1350 g/mol. The van der Waals surface area contributed by atoms with Crippen molar-refractivity contribution in [1.29, 1.82) is 0 Å². The third kappa shape index (κ3) is 37.8. The van der Waals surface area contributed by atoms with E-state index in [1.807, 2.05) is 12.2 Å². The van der Waals surface area contributed by atoms with Crippen molar-refractivity contribution < 1.29 is 89.4 Å². The number of nitrogens with one attached hydrogen (secondary N) is 1. The van der Waals surface area contributed by atoms with Crippen molar-refractivity contribution in [3.63, 3.8) is 0 Å². The molecule has 19 heteroatoms. The summed E-state index contributed by atoms with van der Waals surface area (Å²) in [7, 11) is 0. The molecular weight excluding hydrogens is 1210 g/mol. The van der Waals surface area contributed by atoms with E-state index in [0.717, 1.165) is 51.4 Å². The highest BCUT2D eigenvalue weighted by molar-refractivity contribution is 5.76. The Bertz CT molecular complexity index is 2050. The molecule has 0 saturated carbocycles. The molecule has 0 aromatic carbocycles. The molecule has 0 bridgehead atoms. The molecule has 12 N–H and O–H groups in total. The Morgan fingerprint density at radius 2 is 0.737 bits per heavy atom. The van der Waals surface area contributed by atoms with Crippen LogP contribution in [0.2, 0.25) is 0 Å². The molecule has 0 aromatic heterocycles. The van der Waals surface area contributed by atoms with Crippen LogP contribution in [0.4, 0.5) is 0 Å². The molecule has 3 fully saturated rings. The van der Waals surface area contributed by atoms with Gasteiger partial charge in [-0.1, -0.05) is 266 Å². The Hall–Kier alpha value is -3.03. The van der Waals surface area contributed by atoms with E-state index in [0.29, 0.717) is 19.3 Å². The van der Waals surface area contributed by atoms with Crippen LogP contribution in [-0.4, -0.2) is 193 Å². The Morgan fingerprint density at radius 3 is 1.18 bits per heavy atom. The van der Waals surface area contributed by atoms with Crippen LogP contribution in [0.15, 0.2) is 85.1 Å². The summed E-state index contributed by atoms with van der Waals surface area (Å²) >= 11 is 0. The summed E-state index contributed by atoms with van der Waals surface area (Å²) in [6.07, 6.45) is 47.4. The zero-order valence-corrected chi connectivity index (χ0v) is 58.4. The highest BCUT2D eigenvalue weighted by Gasteiger charge is 2.53. The fourth-order valence-corrected chi connectivity index (χ4v) is 12.2. The van der Waals surface area contributed by atoms with Gasteiger partial charge in [-0.25, -0.2) is 0 Å². The number of unbranched alkanes of at least 4 members (excludes halogenated alkanes) is 29. The van der Waals surface area contributed by atoms with Gasteiger partial charge in [-0.3, -0.25) is 4.79 Å². The Kier molecular flexibility index (Phi) is 51.4. The molecule has 0 aliphatic carbocycles. The molecule has 17 atom stereocenters. The molecule has 3 rings (SSSR count). The molecule has 0 radical (unpaired) electrons. The van der Waals surface area contributed by atoms with Crippen molar-refractivity contribution in [3.05, 3.63) is 85.1 Å². The molecule has 3 saturated heterocycles. The minimum atomic E-state index is -1.99. The van der Waals surface area contributed by atoms with Crippen LogP contribution in [0, 0.1) is 0 Å². The van der Waals surface area contributed by atoms with Gasteiger partial charge in [0.25, 0.3) is 0 Å². The average Bonchev–Trinajstić information content (AvgIpc) is 0.787. The van der Waals surface area contributed by atoms with Crippen molar-refractivity contribution in [2.75, 3.05) is 26.4 Å². The Balaban J connectivity index is 1.40. The molecule has 0 spiro atoms. The zero-order chi connectivity index (χ0) is 68.9. The molecule has 17 unspecified atom stereocenters. The third-order valence-corrected chi connectivity index (χ3v) is 18.2. The summed E-state index contributed by atoms with van der Waals surface area (Å²) in [5, 5.41) is 121. The van der Waals surface area contributed by atoms with Gasteiger partial charge in [0.15, 0.2) is 18.9 Å². The minimum Gasteiger partial charge on any atom is -0.394 e. The quantitative estimate of drug-likeness (QED) is 0.0199. The van der Waals surface area contributed by atoms with Crippen LogP contribution >= 0.6 is 0 Å². The summed E-state index contributed by atoms with van der Waals surface area (Å²) in [5.41, 5.74) is 0. The Labute approximate surface area is 571 Å². The maximum absolute atomic E-state index is 13.4.